The number of benzene rings is 1. The normalized spacial score (nSPS) is 11.9. The van der Waals surface area contributed by atoms with E-state index in [-0.39, 0.29) is 11.4 Å². The van der Waals surface area contributed by atoms with E-state index in [2.05, 4.69) is 10.1 Å². The molecular formula is C22H20N4O. The van der Waals surface area contributed by atoms with Crippen molar-refractivity contribution in [1.29, 1.82) is 5.26 Å². The molecule has 2 heterocycles. The lowest BCUT2D eigenvalue weighted by molar-refractivity contribution is -0.121. The minimum atomic E-state index is -0.631. The Bertz CT molecular complexity index is 1020. The number of ketones is 1. The molecule has 2 aromatic heterocycles. The minimum Gasteiger partial charge on any atom is -0.293 e. The summed E-state index contributed by atoms with van der Waals surface area (Å²) in [5, 5.41) is 14.2. The van der Waals surface area contributed by atoms with E-state index in [1.54, 1.807) is 43.9 Å². The zero-order valence-corrected chi connectivity index (χ0v) is 15.5. The van der Waals surface area contributed by atoms with Crippen LogP contribution in [0.1, 0.15) is 26.3 Å². The van der Waals surface area contributed by atoms with Crippen molar-refractivity contribution < 1.29 is 4.79 Å². The van der Waals surface area contributed by atoms with Gasteiger partial charge in [0.1, 0.15) is 11.8 Å². The maximum absolute atomic E-state index is 12.6. The van der Waals surface area contributed by atoms with Crippen molar-refractivity contribution >= 4 is 11.9 Å². The van der Waals surface area contributed by atoms with Crippen molar-refractivity contribution in [3.63, 3.8) is 0 Å². The number of aromatic nitrogens is 3. The molecule has 5 heteroatoms. The molecule has 0 spiro atoms. The monoisotopic (exact) mass is 356 g/mol. The van der Waals surface area contributed by atoms with Crippen LogP contribution in [0.2, 0.25) is 0 Å². The summed E-state index contributed by atoms with van der Waals surface area (Å²) < 4.78 is 1.75. The average molecular weight is 356 g/mol. The van der Waals surface area contributed by atoms with Crippen molar-refractivity contribution in [2.45, 2.75) is 20.8 Å². The van der Waals surface area contributed by atoms with Gasteiger partial charge in [-0.1, -0.05) is 39.0 Å². The summed E-state index contributed by atoms with van der Waals surface area (Å²) in [6.07, 6.45) is 6.83. The molecule has 0 amide bonds. The Morgan fingerprint density at radius 2 is 1.78 bits per heavy atom. The SMILES string of the molecule is CC(C)(C)C(=O)/C(C#N)=C/c1cn(-c2ccccc2)nc1-c1ccncc1. The molecule has 0 atom stereocenters. The van der Waals surface area contributed by atoms with Crippen LogP contribution in [0.15, 0.2) is 66.6 Å². The molecule has 0 saturated heterocycles. The molecule has 0 N–H and O–H groups in total. The fourth-order valence-electron chi connectivity index (χ4n) is 2.65. The Balaban J connectivity index is 2.16. The van der Waals surface area contributed by atoms with E-state index in [0.717, 1.165) is 11.3 Å². The maximum Gasteiger partial charge on any atom is 0.178 e. The zero-order chi connectivity index (χ0) is 19.4. The molecule has 27 heavy (non-hydrogen) atoms. The quantitative estimate of drug-likeness (QED) is 0.511. The van der Waals surface area contributed by atoms with Gasteiger partial charge in [-0.3, -0.25) is 9.78 Å². The summed E-state index contributed by atoms with van der Waals surface area (Å²) in [7, 11) is 0. The molecule has 0 aliphatic heterocycles. The van der Waals surface area contributed by atoms with Crippen molar-refractivity contribution in [1.82, 2.24) is 14.8 Å². The lowest BCUT2D eigenvalue weighted by Crippen LogP contribution is -2.21. The predicted octanol–water partition coefficient (Wildman–Crippen LogP) is 4.46. The van der Waals surface area contributed by atoms with Gasteiger partial charge in [-0.2, -0.15) is 10.4 Å². The maximum atomic E-state index is 12.6. The molecule has 5 nitrogen and oxygen atoms in total. The summed E-state index contributed by atoms with van der Waals surface area (Å²) in [6.45, 7) is 5.41. The van der Waals surface area contributed by atoms with Crippen LogP contribution >= 0.6 is 0 Å². The molecule has 0 radical (unpaired) electrons. The number of Topliss-reactive ketones (excluding diaryl/α,β-unsaturated/α-hetero) is 1. The number of carbonyl (C=O) groups excluding carboxylic acids is 1. The Labute approximate surface area is 158 Å². The number of hydrogen-bond donors (Lipinski definition) is 0. The van der Waals surface area contributed by atoms with Gasteiger partial charge in [0.2, 0.25) is 0 Å². The van der Waals surface area contributed by atoms with Gasteiger partial charge in [-0.05, 0) is 30.3 Å². The van der Waals surface area contributed by atoms with E-state index in [4.69, 9.17) is 0 Å². The number of nitriles is 1. The smallest absolute Gasteiger partial charge is 0.178 e. The van der Waals surface area contributed by atoms with Crippen molar-refractivity contribution in [2.75, 3.05) is 0 Å². The average Bonchev–Trinajstić information content (AvgIpc) is 3.10. The molecule has 3 aromatic rings. The molecule has 0 aliphatic rings. The van der Waals surface area contributed by atoms with Crippen molar-refractivity contribution in [3.05, 3.63) is 72.2 Å². The van der Waals surface area contributed by atoms with Gasteiger partial charge >= 0.3 is 0 Å². The fraction of sp³-hybridized carbons (Fsp3) is 0.182. The summed E-state index contributed by atoms with van der Waals surface area (Å²) >= 11 is 0. The first-order chi connectivity index (χ1) is 12.9. The van der Waals surface area contributed by atoms with Crippen LogP contribution in [0.3, 0.4) is 0 Å². The first kappa shape index (κ1) is 18.3. The van der Waals surface area contributed by atoms with Crippen LogP contribution in [-0.2, 0) is 4.79 Å². The predicted molar refractivity (Wildman–Crippen MR) is 105 cm³/mol. The molecule has 0 unspecified atom stereocenters. The number of pyridine rings is 1. The highest BCUT2D eigenvalue weighted by Gasteiger charge is 2.25. The van der Waals surface area contributed by atoms with Gasteiger partial charge in [0.15, 0.2) is 5.78 Å². The van der Waals surface area contributed by atoms with Crippen LogP contribution in [0.5, 0.6) is 0 Å². The second-order valence-electron chi connectivity index (χ2n) is 7.20. The lowest BCUT2D eigenvalue weighted by atomic mass is 9.86. The van der Waals surface area contributed by atoms with Crippen molar-refractivity contribution in [2.24, 2.45) is 5.41 Å². The number of nitrogens with zero attached hydrogens (tertiary/aromatic N) is 4. The Hall–Kier alpha value is -3.52. The molecule has 134 valence electrons. The number of carbonyl (C=O) groups is 1. The van der Waals surface area contributed by atoms with Gasteiger partial charge in [-0.25, -0.2) is 4.68 Å². The van der Waals surface area contributed by atoms with Gasteiger partial charge in [0.25, 0.3) is 0 Å². The molecule has 0 fully saturated rings. The standard InChI is InChI=1S/C22H20N4O/c1-22(2,3)21(27)17(14-23)13-18-15-26(19-7-5-4-6-8-19)25-20(18)16-9-11-24-12-10-16/h4-13,15H,1-3H3/b17-13+. The second-order valence-corrected chi connectivity index (χ2v) is 7.20. The highest BCUT2D eigenvalue weighted by molar-refractivity contribution is 6.06. The van der Waals surface area contributed by atoms with Gasteiger partial charge < -0.3 is 0 Å². The highest BCUT2D eigenvalue weighted by atomic mass is 16.1. The Morgan fingerprint density at radius 1 is 1.11 bits per heavy atom. The number of rotatable bonds is 4. The second kappa shape index (κ2) is 7.38. The third-order valence-corrected chi connectivity index (χ3v) is 4.06. The highest BCUT2D eigenvalue weighted by Crippen LogP contribution is 2.27. The molecular weight excluding hydrogens is 336 g/mol. The van der Waals surface area contributed by atoms with Crippen LogP contribution in [0.25, 0.3) is 23.0 Å². The van der Waals surface area contributed by atoms with Crippen LogP contribution in [-0.4, -0.2) is 20.5 Å². The fourth-order valence-corrected chi connectivity index (χ4v) is 2.65. The van der Waals surface area contributed by atoms with Gasteiger partial charge in [-0.15, -0.1) is 0 Å². The zero-order valence-electron chi connectivity index (χ0n) is 15.5. The van der Waals surface area contributed by atoms with Gasteiger partial charge in [0, 0.05) is 35.1 Å². The third-order valence-electron chi connectivity index (χ3n) is 4.06. The third kappa shape index (κ3) is 4.01. The molecule has 3 rings (SSSR count). The number of hydrogen-bond acceptors (Lipinski definition) is 4. The van der Waals surface area contributed by atoms with Gasteiger partial charge in [0.05, 0.1) is 11.3 Å². The van der Waals surface area contributed by atoms with Crippen LogP contribution in [0.4, 0.5) is 0 Å². The van der Waals surface area contributed by atoms with E-state index < -0.39 is 5.41 Å². The molecule has 0 aliphatic carbocycles. The Morgan fingerprint density at radius 3 is 2.37 bits per heavy atom. The van der Waals surface area contributed by atoms with E-state index in [1.165, 1.54) is 0 Å². The van der Waals surface area contributed by atoms with E-state index >= 15 is 0 Å². The topological polar surface area (TPSA) is 71.6 Å². The largest absolute Gasteiger partial charge is 0.293 e. The number of allylic oxidation sites excluding steroid dienone is 1. The molecule has 0 bridgehead atoms. The summed E-state index contributed by atoms with van der Waals surface area (Å²) in [6, 6.07) is 15.5. The molecule has 1 aromatic carbocycles. The summed E-state index contributed by atoms with van der Waals surface area (Å²) in [5.74, 6) is -0.196. The Kier molecular flexibility index (Phi) is 5.00. The first-order valence-electron chi connectivity index (χ1n) is 8.62. The van der Waals surface area contributed by atoms with E-state index in [0.29, 0.717) is 11.3 Å². The van der Waals surface area contributed by atoms with Crippen LogP contribution in [0, 0.1) is 16.7 Å². The minimum absolute atomic E-state index is 0.116. The number of para-hydroxylation sites is 1. The van der Waals surface area contributed by atoms with Crippen molar-refractivity contribution in [3.8, 4) is 23.0 Å². The summed E-state index contributed by atoms with van der Waals surface area (Å²) in [5.41, 5.74) is 2.65. The van der Waals surface area contributed by atoms with E-state index in [9.17, 15) is 10.1 Å². The first-order valence-corrected chi connectivity index (χ1v) is 8.62. The van der Waals surface area contributed by atoms with Crippen LogP contribution < -0.4 is 0 Å². The lowest BCUT2D eigenvalue weighted by Gasteiger charge is -2.15. The molecule has 0 saturated carbocycles. The summed E-state index contributed by atoms with van der Waals surface area (Å²) in [4.78, 5) is 16.6. The van der Waals surface area contributed by atoms with E-state index in [1.807, 2.05) is 54.7 Å².